The summed E-state index contributed by atoms with van der Waals surface area (Å²) in [6, 6.07) is 15.9. The van der Waals surface area contributed by atoms with Crippen molar-refractivity contribution < 1.29 is 33.8 Å². The molecule has 1 fully saturated rings. The molecule has 10 heteroatoms. The van der Waals surface area contributed by atoms with Gasteiger partial charge >= 0.3 is 0 Å². The lowest BCUT2D eigenvalue weighted by molar-refractivity contribution is -0.384. The van der Waals surface area contributed by atoms with E-state index in [2.05, 4.69) is 0 Å². The summed E-state index contributed by atoms with van der Waals surface area (Å²) in [5.41, 5.74) is 0.431. The van der Waals surface area contributed by atoms with Crippen molar-refractivity contribution in [2.24, 2.45) is 0 Å². The smallest absolute Gasteiger partial charge is 0.300 e. The number of ketones is 1. The average molecular weight is 488 g/mol. The molecule has 1 amide bonds. The summed E-state index contributed by atoms with van der Waals surface area (Å²) in [5.74, 6) is -0.887. The third-order valence-electron chi connectivity index (χ3n) is 5.89. The number of nitrogens with zero attached hydrogens (tertiary/aromatic N) is 2. The number of fused-ring (bicyclic) bond motifs is 1. The number of carbonyl (C=O) groups is 2. The van der Waals surface area contributed by atoms with E-state index in [1.165, 1.54) is 23.1 Å². The highest BCUT2D eigenvalue weighted by Crippen LogP contribution is 2.45. The van der Waals surface area contributed by atoms with Crippen LogP contribution in [0.5, 0.6) is 17.2 Å². The molecule has 0 bridgehead atoms. The molecule has 0 radical (unpaired) electrons. The van der Waals surface area contributed by atoms with Gasteiger partial charge < -0.3 is 19.3 Å². The van der Waals surface area contributed by atoms with E-state index >= 15 is 0 Å². The van der Waals surface area contributed by atoms with E-state index in [1.54, 1.807) is 42.5 Å². The van der Waals surface area contributed by atoms with Crippen molar-refractivity contribution >= 4 is 28.8 Å². The lowest BCUT2D eigenvalue weighted by Gasteiger charge is -2.26. The van der Waals surface area contributed by atoms with Gasteiger partial charge in [-0.25, -0.2) is 0 Å². The molecule has 0 aromatic heterocycles. The van der Waals surface area contributed by atoms with Crippen molar-refractivity contribution in [2.45, 2.75) is 13.0 Å². The predicted octanol–water partition coefficient (Wildman–Crippen LogP) is 4.35. The molecule has 3 aromatic rings. The molecule has 0 aliphatic carbocycles. The first kappa shape index (κ1) is 22.9. The summed E-state index contributed by atoms with van der Waals surface area (Å²) >= 11 is 0. The molecule has 10 nitrogen and oxygen atoms in total. The lowest BCUT2D eigenvalue weighted by Crippen LogP contribution is -2.29. The van der Waals surface area contributed by atoms with Crippen molar-refractivity contribution in [1.29, 1.82) is 0 Å². The Hall–Kier alpha value is -4.86. The van der Waals surface area contributed by atoms with E-state index < -0.39 is 28.4 Å². The maximum Gasteiger partial charge on any atom is 0.300 e. The maximum atomic E-state index is 13.3. The molecule has 36 heavy (non-hydrogen) atoms. The zero-order chi connectivity index (χ0) is 25.4. The number of ether oxygens (including phenoxy) is 3. The van der Waals surface area contributed by atoms with Crippen molar-refractivity contribution in [3.05, 3.63) is 93.5 Å². The third kappa shape index (κ3) is 3.88. The number of Topliss-reactive ketones (excluding diaryl/α,β-unsaturated/α-hetero) is 1. The van der Waals surface area contributed by atoms with Gasteiger partial charge in [0.2, 0.25) is 6.79 Å². The summed E-state index contributed by atoms with van der Waals surface area (Å²) in [6.45, 7) is 2.26. The predicted molar refractivity (Wildman–Crippen MR) is 128 cm³/mol. The normalized spacial score (nSPS) is 17.9. The van der Waals surface area contributed by atoms with Gasteiger partial charge in [0.1, 0.15) is 11.5 Å². The lowest BCUT2D eigenvalue weighted by atomic mass is 9.94. The van der Waals surface area contributed by atoms with Gasteiger partial charge in [-0.1, -0.05) is 24.3 Å². The van der Waals surface area contributed by atoms with Crippen LogP contribution in [0.3, 0.4) is 0 Å². The fourth-order valence-electron chi connectivity index (χ4n) is 4.31. The molecule has 2 aliphatic rings. The highest BCUT2D eigenvalue weighted by molar-refractivity contribution is 6.51. The Morgan fingerprint density at radius 1 is 1.08 bits per heavy atom. The number of hydrogen-bond donors (Lipinski definition) is 1. The van der Waals surface area contributed by atoms with Crippen LogP contribution in [0.15, 0.2) is 72.3 Å². The third-order valence-corrected chi connectivity index (χ3v) is 5.89. The summed E-state index contributed by atoms with van der Waals surface area (Å²) in [5, 5.41) is 22.5. The molecule has 2 aliphatic heterocycles. The van der Waals surface area contributed by atoms with Crippen molar-refractivity contribution in [3.8, 4) is 17.2 Å². The zero-order valence-electron chi connectivity index (χ0n) is 19.0. The van der Waals surface area contributed by atoms with Crippen LogP contribution >= 0.6 is 0 Å². The Balaban J connectivity index is 1.71. The van der Waals surface area contributed by atoms with Gasteiger partial charge in [-0.05, 0) is 36.8 Å². The molecule has 1 saturated heterocycles. The minimum Gasteiger partial charge on any atom is -0.507 e. The molecule has 0 saturated carbocycles. The summed E-state index contributed by atoms with van der Waals surface area (Å²) in [6.07, 6.45) is 0. The number of nitro benzene ring substituents is 1. The SMILES string of the molecule is CCOc1cccc(C2/C(=C(\O)c3cccc([N+](=O)[O-])c3)C(=O)C(=O)N2c2ccc3c(c2)OCO3)c1. The number of aliphatic hydroxyl groups is 1. The highest BCUT2D eigenvalue weighted by atomic mass is 16.7. The number of hydrogen-bond acceptors (Lipinski definition) is 8. The second-order valence-corrected chi connectivity index (χ2v) is 8.02. The number of anilines is 1. The topological polar surface area (TPSA) is 128 Å². The molecular weight excluding hydrogens is 468 g/mol. The van der Waals surface area contributed by atoms with Crippen molar-refractivity contribution in [3.63, 3.8) is 0 Å². The van der Waals surface area contributed by atoms with E-state index in [0.29, 0.717) is 35.1 Å². The van der Waals surface area contributed by atoms with E-state index in [-0.39, 0.29) is 23.6 Å². The minimum atomic E-state index is -1.04. The minimum absolute atomic E-state index is 0.0320. The Morgan fingerprint density at radius 3 is 2.64 bits per heavy atom. The van der Waals surface area contributed by atoms with Crippen LogP contribution in [0, 0.1) is 10.1 Å². The van der Waals surface area contributed by atoms with Crippen LogP contribution in [-0.2, 0) is 9.59 Å². The van der Waals surface area contributed by atoms with E-state index in [9.17, 15) is 24.8 Å². The number of aliphatic hydroxyl groups excluding tert-OH is 1. The standard InChI is InChI=1S/C26H20N2O8/c1-2-34-19-8-4-5-15(12-19)23-22(24(29)16-6-3-7-18(11-16)28(32)33)25(30)26(31)27(23)17-9-10-20-21(13-17)36-14-35-20/h3-13,23,29H,2,14H2,1H3/b24-22+. The number of nitro groups is 1. The second kappa shape index (κ2) is 9.06. The van der Waals surface area contributed by atoms with Crippen LogP contribution in [0.4, 0.5) is 11.4 Å². The van der Waals surface area contributed by atoms with E-state index in [1.807, 2.05) is 6.92 Å². The Bertz CT molecular complexity index is 1430. The number of carbonyl (C=O) groups excluding carboxylic acids is 2. The first-order valence-electron chi connectivity index (χ1n) is 11.1. The molecule has 0 spiro atoms. The Labute approximate surface area is 205 Å². The average Bonchev–Trinajstić information content (AvgIpc) is 3.46. The number of amides is 1. The fourth-order valence-corrected chi connectivity index (χ4v) is 4.31. The van der Waals surface area contributed by atoms with Crippen molar-refractivity contribution in [2.75, 3.05) is 18.3 Å². The molecule has 2 heterocycles. The van der Waals surface area contributed by atoms with Crippen LogP contribution in [0.25, 0.3) is 5.76 Å². The van der Waals surface area contributed by atoms with Gasteiger partial charge in [-0.3, -0.25) is 24.6 Å². The molecule has 5 rings (SSSR count). The van der Waals surface area contributed by atoms with Crippen molar-refractivity contribution in [1.82, 2.24) is 0 Å². The van der Waals surface area contributed by atoms with Gasteiger partial charge in [-0.2, -0.15) is 0 Å². The second-order valence-electron chi connectivity index (χ2n) is 8.02. The monoisotopic (exact) mass is 488 g/mol. The molecule has 1 atom stereocenters. The molecule has 1 unspecified atom stereocenters. The Morgan fingerprint density at radius 2 is 1.86 bits per heavy atom. The molecule has 1 N–H and O–H groups in total. The van der Waals surface area contributed by atoms with Gasteiger partial charge in [0.25, 0.3) is 17.4 Å². The quantitative estimate of drug-likeness (QED) is 0.178. The van der Waals surface area contributed by atoms with Gasteiger partial charge in [0.15, 0.2) is 11.5 Å². The van der Waals surface area contributed by atoms with Crippen LogP contribution in [-0.4, -0.2) is 35.1 Å². The number of rotatable bonds is 6. The first-order valence-corrected chi connectivity index (χ1v) is 11.1. The number of non-ortho nitro benzene ring substituents is 1. The number of benzene rings is 3. The largest absolute Gasteiger partial charge is 0.507 e. The zero-order valence-corrected chi connectivity index (χ0v) is 19.0. The van der Waals surface area contributed by atoms with E-state index in [0.717, 1.165) is 6.07 Å². The van der Waals surface area contributed by atoms with Gasteiger partial charge in [0.05, 0.1) is 23.1 Å². The Kier molecular flexibility index (Phi) is 5.77. The maximum absolute atomic E-state index is 13.3. The first-order chi connectivity index (χ1) is 17.4. The van der Waals surface area contributed by atoms with Crippen LogP contribution in [0.2, 0.25) is 0 Å². The fraction of sp³-hybridized carbons (Fsp3) is 0.154. The highest BCUT2D eigenvalue weighted by Gasteiger charge is 2.47. The summed E-state index contributed by atoms with van der Waals surface area (Å²) in [7, 11) is 0. The molecule has 3 aromatic carbocycles. The summed E-state index contributed by atoms with van der Waals surface area (Å²) in [4.78, 5) is 38.6. The van der Waals surface area contributed by atoms with E-state index in [4.69, 9.17) is 14.2 Å². The van der Waals surface area contributed by atoms with Crippen LogP contribution < -0.4 is 19.1 Å². The molecular formula is C26H20N2O8. The summed E-state index contributed by atoms with van der Waals surface area (Å²) < 4.78 is 16.4. The van der Waals surface area contributed by atoms with Gasteiger partial charge in [0, 0.05) is 29.4 Å². The van der Waals surface area contributed by atoms with Crippen LogP contribution in [0.1, 0.15) is 24.1 Å². The van der Waals surface area contributed by atoms with Gasteiger partial charge in [-0.15, -0.1) is 0 Å². The molecule has 182 valence electrons.